The smallest absolute Gasteiger partial charge is 0.295 e. The number of likely N-dealkylation sites (tertiary alicyclic amines) is 1. The molecule has 2 aromatic rings. The zero-order valence-corrected chi connectivity index (χ0v) is 17.6. The lowest BCUT2D eigenvalue weighted by Gasteiger charge is -2.26. The fourth-order valence-corrected chi connectivity index (χ4v) is 3.54. The van der Waals surface area contributed by atoms with Crippen molar-refractivity contribution >= 4 is 17.4 Å². The van der Waals surface area contributed by atoms with E-state index in [1.54, 1.807) is 18.2 Å². The van der Waals surface area contributed by atoms with Crippen molar-refractivity contribution in [1.82, 2.24) is 9.80 Å². The molecule has 3 rings (SSSR count). The monoisotopic (exact) mass is 410 g/mol. The van der Waals surface area contributed by atoms with Crippen molar-refractivity contribution in [2.24, 2.45) is 0 Å². The number of aliphatic hydroxyl groups is 1. The van der Waals surface area contributed by atoms with Crippen molar-refractivity contribution in [3.8, 4) is 11.5 Å². The number of ether oxygens (including phenoxy) is 2. The van der Waals surface area contributed by atoms with Gasteiger partial charge in [-0.05, 0) is 37.9 Å². The highest BCUT2D eigenvalue weighted by atomic mass is 16.5. The first-order valence-electron chi connectivity index (χ1n) is 9.59. The first-order chi connectivity index (χ1) is 14.4. The highest BCUT2D eigenvalue weighted by Gasteiger charge is 2.45. The standard InChI is InChI=1S/C23H26N2O5/c1-24(2)12-13-25-20(15-8-6-5-7-9-15)19(22(27)23(25)28)21(26)16-10-11-17(29-3)18(14-16)30-4/h5-11,14,20,26H,12-13H2,1-4H3/t20-/m0/s1. The second kappa shape index (κ2) is 9.00. The van der Waals surface area contributed by atoms with E-state index in [-0.39, 0.29) is 11.3 Å². The van der Waals surface area contributed by atoms with Gasteiger partial charge in [0.05, 0.1) is 25.8 Å². The quantitative estimate of drug-likeness (QED) is 0.430. The molecule has 0 spiro atoms. The lowest BCUT2D eigenvalue weighted by atomic mass is 9.95. The molecule has 1 aliphatic rings. The summed E-state index contributed by atoms with van der Waals surface area (Å²) >= 11 is 0. The van der Waals surface area contributed by atoms with Crippen LogP contribution in [0.4, 0.5) is 0 Å². The van der Waals surface area contributed by atoms with E-state index in [2.05, 4.69) is 0 Å². The fourth-order valence-electron chi connectivity index (χ4n) is 3.54. The Morgan fingerprint density at radius 1 is 1.03 bits per heavy atom. The molecule has 7 heteroatoms. The topological polar surface area (TPSA) is 79.3 Å². The van der Waals surface area contributed by atoms with Gasteiger partial charge in [0, 0.05) is 18.7 Å². The summed E-state index contributed by atoms with van der Waals surface area (Å²) < 4.78 is 10.5. The molecule has 1 amide bonds. The van der Waals surface area contributed by atoms with E-state index in [9.17, 15) is 14.7 Å². The number of rotatable bonds is 7. The molecular formula is C23H26N2O5. The average Bonchev–Trinajstić information content (AvgIpc) is 3.01. The summed E-state index contributed by atoms with van der Waals surface area (Å²) in [7, 11) is 6.81. The van der Waals surface area contributed by atoms with Gasteiger partial charge in [-0.1, -0.05) is 30.3 Å². The van der Waals surface area contributed by atoms with Crippen LogP contribution < -0.4 is 9.47 Å². The first kappa shape index (κ1) is 21.4. The Labute approximate surface area is 176 Å². The molecular weight excluding hydrogens is 384 g/mol. The summed E-state index contributed by atoms with van der Waals surface area (Å²) in [5, 5.41) is 11.1. The number of Topliss-reactive ketones (excluding diaryl/α,β-unsaturated/α-hetero) is 1. The molecule has 2 aromatic carbocycles. The van der Waals surface area contributed by atoms with E-state index in [0.717, 1.165) is 5.56 Å². The molecule has 0 aromatic heterocycles. The molecule has 1 atom stereocenters. The highest BCUT2D eigenvalue weighted by molar-refractivity contribution is 6.46. The average molecular weight is 410 g/mol. The number of hydrogen-bond acceptors (Lipinski definition) is 6. The van der Waals surface area contributed by atoms with Crippen LogP contribution in [0.2, 0.25) is 0 Å². The lowest BCUT2D eigenvalue weighted by molar-refractivity contribution is -0.140. The fraction of sp³-hybridized carbons (Fsp3) is 0.304. The van der Waals surface area contributed by atoms with Crippen LogP contribution in [0.3, 0.4) is 0 Å². The summed E-state index contributed by atoms with van der Waals surface area (Å²) in [6.45, 7) is 0.951. The molecule has 1 fully saturated rings. The zero-order chi connectivity index (χ0) is 21.8. The highest BCUT2D eigenvalue weighted by Crippen LogP contribution is 2.40. The number of benzene rings is 2. The number of methoxy groups -OCH3 is 2. The maximum Gasteiger partial charge on any atom is 0.295 e. The number of ketones is 1. The maximum absolute atomic E-state index is 13.0. The van der Waals surface area contributed by atoms with Crippen LogP contribution in [0.5, 0.6) is 11.5 Å². The number of carbonyl (C=O) groups excluding carboxylic acids is 2. The van der Waals surface area contributed by atoms with E-state index in [1.165, 1.54) is 19.1 Å². The summed E-state index contributed by atoms with van der Waals surface area (Å²) in [6, 6.07) is 13.4. The van der Waals surface area contributed by atoms with Crippen LogP contribution >= 0.6 is 0 Å². The van der Waals surface area contributed by atoms with Crippen molar-refractivity contribution < 1.29 is 24.2 Å². The van der Waals surface area contributed by atoms with Crippen LogP contribution in [0.1, 0.15) is 17.2 Å². The normalized spacial score (nSPS) is 18.2. The minimum absolute atomic E-state index is 0.0668. The van der Waals surface area contributed by atoms with Crippen molar-refractivity contribution in [2.45, 2.75) is 6.04 Å². The Hall–Kier alpha value is -3.32. The second-order valence-electron chi connectivity index (χ2n) is 7.28. The van der Waals surface area contributed by atoms with Crippen LogP contribution in [-0.2, 0) is 9.59 Å². The predicted molar refractivity (Wildman–Crippen MR) is 114 cm³/mol. The molecule has 1 aliphatic heterocycles. The van der Waals surface area contributed by atoms with E-state index in [1.807, 2.05) is 49.3 Å². The SMILES string of the molecule is COc1ccc(C(O)=C2C(=O)C(=O)N(CCN(C)C)[C@H]2c2ccccc2)cc1OC. The molecule has 1 saturated heterocycles. The van der Waals surface area contributed by atoms with Crippen LogP contribution in [0.25, 0.3) is 5.76 Å². The Morgan fingerprint density at radius 2 is 1.70 bits per heavy atom. The van der Waals surface area contributed by atoms with Crippen molar-refractivity contribution in [1.29, 1.82) is 0 Å². The molecule has 7 nitrogen and oxygen atoms in total. The third-order valence-electron chi connectivity index (χ3n) is 5.10. The predicted octanol–water partition coefficient (Wildman–Crippen LogP) is 2.69. The summed E-state index contributed by atoms with van der Waals surface area (Å²) in [5.74, 6) is -0.641. The number of likely N-dealkylation sites (N-methyl/N-ethyl adjacent to an activating group) is 1. The van der Waals surface area contributed by atoms with Gasteiger partial charge in [0.15, 0.2) is 11.5 Å². The Balaban J connectivity index is 2.14. The Kier molecular flexibility index (Phi) is 6.42. The van der Waals surface area contributed by atoms with E-state index >= 15 is 0 Å². The second-order valence-corrected chi connectivity index (χ2v) is 7.28. The number of hydrogen-bond donors (Lipinski definition) is 1. The largest absolute Gasteiger partial charge is 0.507 e. The Bertz CT molecular complexity index is 969. The molecule has 30 heavy (non-hydrogen) atoms. The van der Waals surface area contributed by atoms with Crippen LogP contribution in [-0.4, -0.2) is 68.0 Å². The molecule has 1 heterocycles. The third-order valence-corrected chi connectivity index (χ3v) is 5.10. The summed E-state index contributed by atoms with van der Waals surface area (Å²) in [5.41, 5.74) is 1.20. The lowest BCUT2D eigenvalue weighted by Crippen LogP contribution is -2.35. The summed E-state index contributed by atoms with van der Waals surface area (Å²) in [4.78, 5) is 29.3. The van der Waals surface area contributed by atoms with Crippen molar-refractivity contribution in [3.63, 3.8) is 0 Å². The van der Waals surface area contributed by atoms with Gasteiger partial charge in [-0.15, -0.1) is 0 Å². The van der Waals surface area contributed by atoms with Gasteiger partial charge in [0.2, 0.25) is 0 Å². The van der Waals surface area contributed by atoms with E-state index in [4.69, 9.17) is 9.47 Å². The van der Waals surface area contributed by atoms with Crippen molar-refractivity contribution in [2.75, 3.05) is 41.4 Å². The number of amides is 1. The van der Waals surface area contributed by atoms with Crippen molar-refractivity contribution in [3.05, 3.63) is 65.2 Å². The molecule has 158 valence electrons. The van der Waals surface area contributed by atoms with E-state index in [0.29, 0.717) is 30.2 Å². The van der Waals surface area contributed by atoms with Crippen LogP contribution in [0.15, 0.2) is 54.1 Å². The number of nitrogens with zero attached hydrogens (tertiary/aromatic N) is 2. The van der Waals surface area contributed by atoms with Gasteiger partial charge in [-0.3, -0.25) is 9.59 Å². The maximum atomic E-state index is 13.0. The molecule has 0 saturated carbocycles. The van der Waals surface area contributed by atoms with Gasteiger partial charge < -0.3 is 24.4 Å². The molecule has 0 aliphatic carbocycles. The van der Waals surface area contributed by atoms with Gasteiger partial charge in [-0.2, -0.15) is 0 Å². The van der Waals surface area contributed by atoms with Crippen LogP contribution in [0, 0.1) is 0 Å². The van der Waals surface area contributed by atoms with Gasteiger partial charge in [-0.25, -0.2) is 0 Å². The molecule has 0 bridgehead atoms. The minimum atomic E-state index is -0.699. The van der Waals surface area contributed by atoms with Gasteiger partial charge in [0.25, 0.3) is 11.7 Å². The molecule has 0 unspecified atom stereocenters. The minimum Gasteiger partial charge on any atom is -0.507 e. The van der Waals surface area contributed by atoms with Gasteiger partial charge in [0.1, 0.15) is 5.76 Å². The molecule has 1 N–H and O–H groups in total. The number of carbonyl (C=O) groups is 2. The Morgan fingerprint density at radius 3 is 2.30 bits per heavy atom. The van der Waals surface area contributed by atoms with Gasteiger partial charge >= 0.3 is 0 Å². The van der Waals surface area contributed by atoms with E-state index < -0.39 is 17.7 Å². The third kappa shape index (κ3) is 4.02. The molecule has 0 radical (unpaired) electrons. The first-order valence-corrected chi connectivity index (χ1v) is 9.59. The summed E-state index contributed by atoms with van der Waals surface area (Å²) in [6.07, 6.45) is 0. The number of aliphatic hydroxyl groups excluding tert-OH is 1. The zero-order valence-electron chi connectivity index (χ0n) is 17.6.